The Morgan fingerprint density at radius 1 is 0.636 bits per heavy atom. The molecule has 0 amide bonds. The molecule has 0 saturated carbocycles. The zero-order chi connectivity index (χ0) is 22.8. The Bertz CT molecular complexity index is 994. The van der Waals surface area contributed by atoms with Crippen LogP contribution in [0, 0.1) is 0 Å². The van der Waals surface area contributed by atoms with Crippen LogP contribution in [-0.4, -0.2) is 96.3 Å². The van der Waals surface area contributed by atoms with Crippen molar-refractivity contribution in [2.75, 3.05) is 13.7 Å². The van der Waals surface area contributed by atoms with Crippen LogP contribution in [0.2, 0.25) is 0 Å². The number of methoxy groups -OCH3 is 1. The van der Waals surface area contributed by atoms with Gasteiger partial charge in [0.1, 0.15) is 18.3 Å². The minimum atomic E-state index is -5.83. The van der Waals surface area contributed by atoms with Crippen molar-refractivity contribution in [1.82, 2.24) is 0 Å². The van der Waals surface area contributed by atoms with Crippen molar-refractivity contribution in [2.24, 2.45) is 0 Å². The minimum Gasteiger partial charge on any atom is -0.726 e. The summed E-state index contributed by atoms with van der Waals surface area (Å²) in [6.45, 7) is -1.46. The van der Waals surface area contributed by atoms with Gasteiger partial charge in [-0.2, -0.15) is 0 Å². The molecule has 174 valence electrons. The van der Waals surface area contributed by atoms with Crippen molar-refractivity contribution in [1.29, 1.82) is 0 Å². The molecular formula is C7H10Na4O18S4. The topological polar surface area (TPSA) is 284 Å². The quantitative estimate of drug-likeness (QED) is 0.127. The molecule has 0 spiro atoms. The summed E-state index contributed by atoms with van der Waals surface area (Å²) in [6.07, 6.45) is -12.3. The smallest absolute Gasteiger partial charge is 0.726 e. The van der Waals surface area contributed by atoms with Gasteiger partial charge in [0.25, 0.3) is 0 Å². The van der Waals surface area contributed by atoms with E-state index >= 15 is 0 Å². The van der Waals surface area contributed by atoms with Gasteiger partial charge >= 0.3 is 118 Å². The second-order valence-corrected chi connectivity index (χ2v) is 8.96. The molecule has 0 radical (unpaired) electrons. The van der Waals surface area contributed by atoms with Gasteiger partial charge < -0.3 is 27.7 Å². The largest absolute Gasteiger partial charge is 1.00 e. The maximum Gasteiger partial charge on any atom is 1.00 e. The first-order chi connectivity index (χ1) is 12.8. The predicted octanol–water partition coefficient (Wildman–Crippen LogP) is -16.6. The van der Waals surface area contributed by atoms with Crippen LogP contribution in [0.25, 0.3) is 0 Å². The van der Waals surface area contributed by atoms with Crippen molar-refractivity contribution in [3.8, 4) is 0 Å². The van der Waals surface area contributed by atoms with Gasteiger partial charge in [-0.1, -0.05) is 0 Å². The van der Waals surface area contributed by atoms with Crippen molar-refractivity contribution in [3.63, 3.8) is 0 Å². The average molecular weight is 602 g/mol. The van der Waals surface area contributed by atoms with Crippen LogP contribution in [0.4, 0.5) is 0 Å². The van der Waals surface area contributed by atoms with Crippen molar-refractivity contribution in [3.05, 3.63) is 0 Å². The number of hydrogen-bond acceptors (Lipinski definition) is 18. The number of ether oxygens (including phenoxy) is 2. The summed E-state index contributed by atoms with van der Waals surface area (Å²) in [5, 5.41) is 0. The molecule has 1 aliphatic rings. The first-order valence-electron chi connectivity index (χ1n) is 6.52. The predicted molar refractivity (Wildman–Crippen MR) is 75.0 cm³/mol. The van der Waals surface area contributed by atoms with E-state index in [-0.39, 0.29) is 118 Å². The van der Waals surface area contributed by atoms with E-state index in [1.54, 1.807) is 0 Å². The second kappa shape index (κ2) is 17.2. The monoisotopic (exact) mass is 602 g/mol. The summed E-state index contributed by atoms with van der Waals surface area (Å²) in [5.41, 5.74) is 0. The van der Waals surface area contributed by atoms with Gasteiger partial charge in [0, 0.05) is 7.11 Å². The first kappa shape index (κ1) is 43.5. The van der Waals surface area contributed by atoms with E-state index in [4.69, 9.17) is 4.74 Å². The summed E-state index contributed by atoms with van der Waals surface area (Å²) >= 11 is 0. The molecule has 0 aromatic carbocycles. The van der Waals surface area contributed by atoms with E-state index in [0.29, 0.717) is 0 Å². The zero-order valence-corrected chi connectivity index (χ0v) is 28.8. The third-order valence-corrected chi connectivity index (χ3v) is 4.69. The van der Waals surface area contributed by atoms with E-state index in [0.717, 1.165) is 7.11 Å². The molecule has 0 aliphatic carbocycles. The second-order valence-electron chi connectivity index (χ2n) is 4.88. The van der Waals surface area contributed by atoms with Crippen molar-refractivity contribution < 1.29 is 196 Å². The van der Waals surface area contributed by atoms with Gasteiger partial charge in [0.2, 0.25) is 41.6 Å². The number of rotatable bonds is 10. The van der Waals surface area contributed by atoms with Crippen LogP contribution in [-0.2, 0) is 67.8 Å². The summed E-state index contributed by atoms with van der Waals surface area (Å²) in [6, 6.07) is 0. The SMILES string of the molecule is CO[C@H]1O[C@H](COS(=O)(=O)[O-])[C@@H](OS(=O)(=O)[O-])[C@H](OS(=O)(=O)[O-])[C@H]1OS(=O)(=O)[O-].[Na+].[Na+].[Na+].[Na+]. The molecule has 1 saturated heterocycles. The number of hydrogen-bond donors (Lipinski definition) is 0. The van der Waals surface area contributed by atoms with Crippen LogP contribution in [0.3, 0.4) is 0 Å². The normalized spacial score (nSPS) is 26.0. The zero-order valence-electron chi connectivity index (χ0n) is 17.6. The van der Waals surface area contributed by atoms with E-state index < -0.39 is 78.9 Å². The molecule has 0 aromatic rings. The summed E-state index contributed by atoms with van der Waals surface area (Å²) in [5.74, 6) is 0. The Morgan fingerprint density at radius 3 is 1.33 bits per heavy atom. The Balaban J connectivity index is -0.00000105. The van der Waals surface area contributed by atoms with Crippen LogP contribution < -0.4 is 118 Å². The fourth-order valence-corrected chi connectivity index (χ4v) is 3.86. The fraction of sp³-hybridized carbons (Fsp3) is 1.00. The molecule has 0 N–H and O–H groups in total. The molecule has 18 nitrogen and oxygen atoms in total. The van der Waals surface area contributed by atoms with Gasteiger partial charge in [-0.25, -0.2) is 33.7 Å². The summed E-state index contributed by atoms with van der Waals surface area (Å²) < 4.78 is 155. The first-order valence-corrected chi connectivity index (χ1v) is 11.9. The van der Waals surface area contributed by atoms with Crippen LogP contribution in [0.1, 0.15) is 0 Å². The van der Waals surface area contributed by atoms with Crippen LogP contribution in [0.15, 0.2) is 0 Å². The molecule has 1 rings (SSSR count). The molecule has 0 aromatic heterocycles. The Morgan fingerprint density at radius 2 is 1.00 bits per heavy atom. The Kier molecular flexibility index (Phi) is 22.6. The molecule has 0 unspecified atom stereocenters. The molecule has 5 atom stereocenters. The average Bonchev–Trinajstić information content (AvgIpc) is 2.44. The summed E-state index contributed by atoms with van der Waals surface area (Å²) in [7, 11) is -22.1. The van der Waals surface area contributed by atoms with Gasteiger partial charge in [0.15, 0.2) is 12.4 Å². The van der Waals surface area contributed by atoms with Crippen LogP contribution >= 0.6 is 0 Å². The standard InChI is InChI=1S/C7H14O18S4.4Na/c1-20-7-6(25-29(17,18)19)5(24-28(14,15)16)4(23-27(11,12)13)3(22-7)2-21-26(8,9)10;;;;/h3-7H,2H2,1H3,(H,8,9,10)(H,11,12,13)(H,14,15,16)(H,17,18,19);;;;/q;4*+1/p-4/t3-,4-,5+,6-,7+;;;;/m1..../s1. The van der Waals surface area contributed by atoms with Gasteiger partial charge in [-0.05, 0) is 0 Å². The van der Waals surface area contributed by atoms with E-state index in [1.807, 2.05) is 0 Å². The molecule has 1 aliphatic heterocycles. The Hall–Kier alpha value is 3.40. The third-order valence-electron chi connectivity index (χ3n) is 2.89. The van der Waals surface area contributed by atoms with Gasteiger partial charge in [-0.3, -0.25) is 16.7 Å². The van der Waals surface area contributed by atoms with Crippen LogP contribution in [0.5, 0.6) is 0 Å². The summed E-state index contributed by atoms with van der Waals surface area (Å²) in [4.78, 5) is 0. The van der Waals surface area contributed by atoms with Crippen molar-refractivity contribution in [2.45, 2.75) is 30.7 Å². The maximum absolute atomic E-state index is 10.9. The molecule has 0 bridgehead atoms. The van der Waals surface area contributed by atoms with Gasteiger partial charge in [0.05, 0.1) is 6.61 Å². The van der Waals surface area contributed by atoms with E-state index in [2.05, 4.69) is 21.5 Å². The molecule has 26 heteroatoms. The fourth-order valence-electron chi connectivity index (χ4n) is 2.09. The van der Waals surface area contributed by atoms with Gasteiger partial charge in [-0.15, -0.1) is 0 Å². The Labute approximate surface area is 278 Å². The van der Waals surface area contributed by atoms with E-state index in [9.17, 15) is 51.9 Å². The molecule has 33 heavy (non-hydrogen) atoms. The minimum absolute atomic E-state index is 0. The van der Waals surface area contributed by atoms with Crippen molar-refractivity contribution >= 4 is 41.6 Å². The third kappa shape index (κ3) is 18.3. The van der Waals surface area contributed by atoms with E-state index in [1.165, 1.54) is 0 Å². The molecule has 1 heterocycles. The molecule has 1 fully saturated rings. The maximum atomic E-state index is 10.9. The molecular weight excluding hydrogens is 592 g/mol.